The Kier molecular flexibility index (Phi) is 2.89. The Bertz CT molecular complexity index is 324. The summed E-state index contributed by atoms with van der Waals surface area (Å²) in [6, 6.07) is 1.95. The van der Waals surface area contributed by atoms with Crippen molar-refractivity contribution >= 4 is 11.6 Å². The molecule has 2 heterocycles. The topological polar surface area (TPSA) is 34.1 Å². The Morgan fingerprint density at radius 2 is 2.50 bits per heavy atom. The summed E-state index contributed by atoms with van der Waals surface area (Å²) in [5.41, 5.74) is 1.20. The number of methoxy groups -OCH3 is 1. The van der Waals surface area contributed by atoms with Crippen LogP contribution in [0.25, 0.3) is 0 Å². The number of rotatable bonds is 2. The van der Waals surface area contributed by atoms with Crippen molar-refractivity contribution in [2.45, 2.75) is 12.3 Å². The van der Waals surface area contributed by atoms with E-state index >= 15 is 0 Å². The molecule has 0 aliphatic carbocycles. The zero-order chi connectivity index (χ0) is 9.97. The molecule has 1 atom stereocenters. The SMILES string of the molecule is COc1ncc(C2CCNC2)cc1Cl. The third-order valence-electron chi connectivity index (χ3n) is 2.55. The summed E-state index contributed by atoms with van der Waals surface area (Å²) < 4.78 is 5.00. The third kappa shape index (κ3) is 1.83. The van der Waals surface area contributed by atoms with Gasteiger partial charge in [-0.25, -0.2) is 4.98 Å². The average Bonchev–Trinajstić information content (AvgIpc) is 2.70. The normalized spacial score (nSPS) is 21.1. The van der Waals surface area contributed by atoms with Crippen LogP contribution in [0.4, 0.5) is 0 Å². The van der Waals surface area contributed by atoms with Crippen molar-refractivity contribution < 1.29 is 4.74 Å². The molecule has 0 saturated carbocycles. The standard InChI is InChI=1S/C10H13ClN2O/c1-14-10-9(11)4-8(6-13-10)7-2-3-12-5-7/h4,6-7,12H,2-3,5H2,1H3. The molecule has 1 fully saturated rings. The molecule has 14 heavy (non-hydrogen) atoms. The smallest absolute Gasteiger partial charge is 0.232 e. The van der Waals surface area contributed by atoms with Crippen molar-refractivity contribution in [3.8, 4) is 5.88 Å². The number of hydrogen-bond donors (Lipinski definition) is 1. The Morgan fingerprint density at radius 1 is 1.64 bits per heavy atom. The van der Waals surface area contributed by atoms with Crippen LogP contribution in [0.5, 0.6) is 5.88 Å². The summed E-state index contributed by atoms with van der Waals surface area (Å²) in [5, 5.41) is 3.91. The number of nitrogens with zero attached hydrogens (tertiary/aromatic N) is 1. The summed E-state index contributed by atoms with van der Waals surface area (Å²) in [6.07, 6.45) is 3.01. The fourth-order valence-electron chi connectivity index (χ4n) is 1.75. The third-order valence-corrected chi connectivity index (χ3v) is 2.82. The number of ether oxygens (including phenoxy) is 1. The summed E-state index contributed by atoms with van der Waals surface area (Å²) >= 11 is 6.00. The molecule has 0 radical (unpaired) electrons. The lowest BCUT2D eigenvalue weighted by molar-refractivity contribution is 0.397. The van der Waals surface area contributed by atoms with Crippen molar-refractivity contribution in [3.05, 3.63) is 22.8 Å². The molecule has 1 aromatic rings. The van der Waals surface area contributed by atoms with E-state index in [1.165, 1.54) is 5.56 Å². The van der Waals surface area contributed by atoms with Crippen molar-refractivity contribution in [3.63, 3.8) is 0 Å². The lowest BCUT2D eigenvalue weighted by atomic mass is 10.0. The number of nitrogens with one attached hydrogen (secondary N) is 1. The fourth-order valence-corrected chi connectivity index (χ4v) is 2.00. The van der Waals surface area contributed by atoms with Gasteiger partial charge in [0, 0.05) is 12.7 Å². The second-order valence-electron chi connectivity index (χ2n) is 3.45. The first-order valence-corrected chi connectivity index (χ1v) is 5.09. The molecule has 1 aromatic heterocycles. The number of pyridine rings is 1. The Balaban J connectivity index is 2.23. The molecule has 0 bridgehead atoms. The minimum absolute atomic E-state index is 0.501. The molecule has 1 saturated heterocycles. The molecule has 1 unspecified atom stereocenters. The van der Waals surface area contributed by atoms with Crippen LogP contribution in [0.3, 0.4) is 0 Å². The van der Waals surface area contributed by atoms with Gasteiger partial charge in [0.05, 0.1) is 7.11 Å². The van der Waals surface area contributed by atoms with Crippen molar-refractivity contribution in [2.75, 3.05) is 20.2 Å². The van der Waals surface area contributed by atoms with Crippen LogP contribution in [0.15, 0.2) is 12.3 Å². The van der Waals surface area contributed by atoms with Crippen LogP contribution in [0.2, 0.25) is 5.02 Å². The van der Waals surface area contributed by atoms with Crippen LogP contribution >= 0.6 is 11.6 Å². The van der Waals surface area contributed by atoms with Gasteiger partial charge in [0.1, 0.15) is 5.02 Å². The molecule has 0 aromatic carbocycles. The highest BCUT2D eigenvalue weighted by Crippen LogP contribution is 2.28. The molecule has 1 aliphatic heterocycles. The van der Waals surface area contributed by atoms with E-state index in [2.05, 4.69) is 10.3 Å². The van der Waals surface area contributed by atoms with Gasteiger partial charge in [-0.3, -0.25) is 0 Å². The van der Waals surface area contributed by atoms with Crippen LogP contribution in [0.1, 0.15) is 17.9 Å². The summed E-state index contributed by atoms with van der Waals surface area (Å²) in [5.74, 6) is 1.05. The van der Waals surface area contributed by atoms with Gasteiger partial charge in [-0.05, 0) is 30.5 Å². The first-order valence-electron chi connectivity index (χ1n) is 4.71. The maximum atomic E-state index is 6.00. The van der Waals surface area contributed by atoms with Gasteiger partial charge in [0.2, 0.25) is 5.88 Å². The highest BCUT2D eigenvalue weighted by Gasteiger charge is 2.17. The van der Waals surface area contributed by atoms with Crippen LogP contribution < -0.4 is 10.1 Å². The molecule has 3 nitrogen and oxygen atoms in total. The largest absolute Gasteiger partial charge is 0.480 e. The van der Waals surface area contributed by atoms with E-state index in [1.54, 1.807) is 7.11 Å². The average molecular weight is 213 g/mol. The van der Waals surface area contributed by atoms with E-state index in [0.29, 0.717) is 16.8 Å². The predicted molar refractivity (Wildman–Crippen MR) is 56.0 cm³/mol. The van der Waals surface area contributed by atoms with Gasteiger partial charge in [0.25, 0.3) is 0 Å². The summed E-state index contributed by atoms with van der Waals surface area (Å²) in [6.45, 7) is 2.10. The minimum atomic E-state index is 0.501. The maximum Gasteiger partial charge on any atom is 0.232 e. The van der Waals surface area contributed by atoms with Crippen LogP contribution in [-0.2, 0) is 0 Å². The van der Waals surface area contributed by atoms with Gasteiger partial charge in [-0.15, -0.1) is 0 Å². The Labute approximate surface area is 88.4 Å². The molecule has 4 heteroatoms. The van der Waals surface area contributed by atoms with E-state index in [9.17, 15) is 0 Å². The van der Waals surface area contributed by atoms with E-state index in [4.69, 9.17) is 16.3 Å². The summed E-state index contributed by atoms with van der Waals surface area (Å²) in [4.78, 5) is 4.16. The second kappa shape index (κ2) is 4.15. The fraction of sp³-hybridized carbons (Fsp3) is 0.500. The van der Waals surface area contributed by atoms with Gasteiger partial charge < -0.3 is 10.1 Å². The predicted octanol–water partition coefficient (Wildman–Crippen LogP) is 1.82. The molecule has 1 aliphatic rings. The summed E-state index contributed by atoms with van der Waals surface area (Å²) in [7, 11) is 1.57. The Hall–Kier alpha value is -0.800. The monoisotopic (exact) mass is 212 g/mol. The van der Waals surface area contributed by atoms with Crippen LogP contribution in [0, 0.1) is 0 Å². The first kappa shape index (κ1) is 9.74. The maximum absolute atomic E-state index is 6.00. The second-order valence-corrected chi connectivity index (χ2v) is 3.86. The molecular weight excluding hydrogens is 200 g/mol. The van der Waals surface area contributed by atoms with Crippen LogP contribution in [-0.4, -0.2) is 25.2 Å². The Morgan fingerprint density at radius 3 is 3.07 bits per heavy atom. The molecule has 0 spiro atoms. The molecule has 2 rings (SSSR count). The lowest BCUT2D eigenvalue weighted by Gasteiger charge is -2.09. The molecule has 1 N–H and O–H groups in total. The number of halogens is 1. The molecule has 76 valence electrons. The van der Waals surface area contributed by atoms with E-state index < -0.39 is 0 Å². The number of hydrogen-bond acceptors (Lipinski definition) is 3. The minimum Gasteiger partial charge on any atom is -0.480 e. The van der Waals surface area contributed by atoms with Gasteiger partial charge in [0.15, 0.2) is 0 Å². The van der Waals surface area contributed by atoms with Crippen molar-refractivity contribution in [2.24, 2.45) is 0 Å². The van der Waals surface area contributed by atoms with Gasteiger partial charge >= 0.3 is 0 Å². The highest BCUT2D eigenvalue weighted by molar-refractivity contribution is 6.31. The lowest BCUT2D eigenvalue weighted by Crippen LogP contribution is -2.08. The van der Waals surface area contributed by atoms with Gasteiger partial charge in [-0.1, -0.05) is 11.6 Å². The number of aromatic nitrogens is 1. The van der Waals surface area contributed by atoms with E-state index in [1.807, 2.05) is 12.3 Å². The van der Waals surface area contributed by atoms with Crippen molar-refractivity contribution in [1.29, 1.82) is 0 Å². The van der Waals surface area contributed by atoms with Crippen molar-refractivity contribution in [1.82, 2.24) is 10.3 Å². The molecular formula is C10H13ClN2O. The van der Waals surface area contributed by atoms with E-state index in [-0.39, 0.29) is 0 Å². The van der Waals surface area contributed by atoms with E-state index in [0.717, 1.165) is 19.5 Å². The highest BCUT2D eigenvalue weighted by atomic mass is 35.5. The zero-order valence-electron chi connectivity index (χ0n) is 8.09. The molecule has 0 amide bonds. The zero-order valence-corrected chi connectivity index (χ0v) is 8.84. The quantitative estimate of drug-likeness (QED) is 0.812. The first-order chi connectivity index (χ1) is 6.81. The van der Waals surface area contributed by atoms with Gasteiger partial charge in [-0.2, -0.15) is 0 Å².